The van der Waals surface area contributed by atoms with Gasteiger partial charge < -0.3 is 28.9 Å². The van der Waals surface area contributed by atoms with Gasteiger partial charge in [0.2, 0.25) is 5.95 Å². The highest BCUT2D eigenvalue weighted by molar-refractivity contribution is 5.93. The number of carbonyl (C=O) groups is 1. The van der Waals surface area contributed by atoms with Crippen molar-refractivity contribution in [3.05, 3.63) is 70.8 Å². The van der Waals surface area contributed by atoms with E-state index in [4.69, 9.17) is 14.5 Å². The summed E-state index contributed by atoms with van der Waals surface area (Å²) in [5.41, 5.74) is 3.12. The molecule has 3 aliphatic rings. The first-order valence-corrected chi connectivity index (χ1v) is 14.8. The van der Waals surface area contributed by atoms with E-state index < -0.39 is 17.6 Å². The highest BCUT2D eigenvalue weighted by atomic mass is 19.1. The maximum absolute atomic E-state index is 14.9. The third-order valence-electron chi connectivity index (χ3n) is 9.25. The number of aromatic nitrogens is 3. The number of aromatic carboxylic acids is 1. The minimum atomic E-state index is -1.01. The van der Waals surface area contributed by atoms with E-state index in [1.165, 1.54) is 0 Å². The van der Waals surface area contributed by atoms with Crippen LogP contribution in [-0.2, 0) is 13.2 Å². The predicted molar refractivity (Wildman–Crippen MR) is 162 cm³/mol. The molecule has 10 nitrogen and oxygen atoms in total. The van der Waals surface area contributed by atoms with Crippen LogP contribution in [0.5, 0.6) is 11.6 Å². The Bertz CT molecular complexity index is 1870. The van der Waals surface area contributed by atoms with Gasteiger partial charge in [0.15, 0.2) is 17.5 Å². The van der Waals surface area contributed by atoms with E-state index in [-0.39, 0.29) is 34.7 Å². The highest BCUT2D eigenvalue weighted by Gasteiger charge is 2.54. The van der Waals surface area contributed by atoms with Gasteiger partial charge in [-0.15, -0.1) is 0 Å². The van der Waals surface area contributed by atoms with E-state index >= 15 is 0 Å². The molecule has 0 amide bonds. The molecular weight excluding hydrogens is 582 g/mol. The number of nitrogens with zero attached hydrogens (tertiary/aromatic N) is 6. The molecule has 4 aromatic rings. The van der Waals surface area contributed by atoms with Gasteiger partial charge in [-0.3, -0.25) is 0 Å². The van der Waals surface area contributed by atoms with Crippen LogP contribution in [0.1, 0.15) is 40.7 Å². The summed E-state index contributed by atoms with van der Waals surface area (Å²) in [7, 11) is 1.55. The summed E-state index contributed by atoms with van der Waals surface area (Å²) in [6.07, 6.45) is 2.32. The Kier molecular flexibility index (Phi) is 6.80. The van der Waals surface area contributed by atoms with Crippen molar-refractivity contribution < 1.29 is 28.2 Å². The number of aryl methyl sites for hydroxylation is 1. The molecule has 7 rings (SSSR count). The third kappa shape index (κ3) is 5.16. The van der Waals surface area contributed by atoms with E-state index in [0.29, 0.717) is 50.4 Å². The maximum atomic E-state index is 14.9. The summed E-state index contributed by atoms with van der Waals surface area (Å²) in [4.78, 5) is 24.7. The van der Waals surface area contributed by atoms with Crippen LogP contribution < -0.4 is 19.3 Å². The average Bonchev–Trinajstić information content (AvgIpc) is 3.64. The SMILES string of the molecule is COc1cc(C)ccc1COc1nc(N2CC3(C2)CN(c2nc4ccc(C(=O)O)cc4n2CC2(CC#N)CC2)C3)c(F)cc1F. The Labute approximate surface area is 258 Å². The van der Waals surface area contributed by atoms with Gasteiger partial charge in [-0.05, 0) is 49.6 Å². The number of nitriles is 1. The molecule has 2 saturated heterocycles. The van der Waals surface area contributed by atoms with Gasteiger partial charge in [0, 0.05) is 61.6 Å². The minimum Gasteiger partial charge on any atom is -0.496 e. The Morgan fingerprint density at radius 2 is 1.80 bits per heavy atom. The molecule has 1 N–H and O–H groups in total. The zero-order valence-electron chi connectivity index (χ0n) is 25.0. The van der Waals surface area contributed by atoms with Gasteiger partial charge in [0.25, 0.3) is 5.88 Å². The maximum Gasteiger partial charge on any atom is 0.335 e. The number of fused-ring (bicyclic) bond motifs is 1. The lowest BCUT2D eigenvalue weighted by molar-refractivity contribution is 0.0697. The topological polar surface area (TPSA) is 117 Å². The lowest BCUT2D eigenvalue weighted by atomic mass is 9.73. The van der Waals surface area contributed by atoms with E-state index in [0.717, 1.165) is 41.5 Å². The summed E-state index contributed by atoms with van der Waals surface area (Å²) < 4.78 is 42.7. The van der Waals surface area contributed by atoms with Crippen molar-refractivity contribution >= 4 is 28.8 Å². The largest absolute Gasteiger partial charge is 0.496 e. The molecule has 1 saturated carbocycles. The van der Waals surface area contributed by atoms with Crippen LogP contribution in [0.3, 0.4) is 0 Å². The molecule has 12 heteroatoms. The van der Waals surface area contributed by atoms with E-state index in [2.05, 4.69) is 20.5 Å². The first-order valence-electron chi connectivity index (χ1n) is 14.8. The molecule has 45 heavy (non-hydrogen) atoms. The van der Waals surface area contributed by atoms with Gasteiger partial charge in [0.1, 0.15) is 12.4 Å². The van der Waals surface area contributed by atoms with Crippen LogP contribution >= 0.6 is 0 Å². The fourth-order valence-corrected chi connectivity index (χ4v) is 6.61. The summed E-state index contributed by atoms with van der Waals surface area (Å²) >= 11 is 0. The number of rotatable bonds is 10. The molecule has 0 radical (unpaired) electrons. The smallest absolute Gasteiger partial charge is 0.335 e. The summed E-state index contributed by atoms with van der Waals surface area (Å²) in [5.74, 6) is -1.49. The van der Waals surface area contributed by atoms with Crippen molar-refractivity contribution in [1.29, 1.82) is 5.26 Å². The lowest BCUT2D eigenvalue weighted by Crippen LogP contribution is -2.73. The second-order valence-corrected chi connectivity index (χ2v) is 12.7. The number of ether oxygens (including phenoxy) is 2. The number of methoxy groups -OCH3 is 1. The first kappa shape index (κ1) is 28.8. The van der Waals surface area contributed by atoms with Crippen molar-refractivity contribution in [2.45, 2.75) is 39.3 Å². The van der Waals surface area contributed by atoms with Crippen molar-refractivity contribution in [2.75, 3.05) is 43.1 Å². The molecule has 2 aliphatic heterocycles. The number of benzene rings is 2. The number of anilines is 2. The average molecular weight is 615 g/mol. The molecule has 1 spiro atoms. The molecular formula is C33H32F2N6O4. The number of carboxylic acid groups (broad SMARTS) is 1. The second kappa shape index (κ2) is 10.6. The van der Waals surface area contributed by atoms with Gasteiger partial charge >= 0.3 is 5.97 Å². The Hall–Kier alpha value is -4.92. The van der Waals surface area contributed by atoms with E-state index in [9.17, 15) is 23.9 Å². The number of carboxylic acids is 1. The standard InChI is InChI=1S/C33H32F2N6O4/c1-20-3-4-22(27(11-20)44-2)14-45-29-24(35)13-23(34)28(38-29)39-15-33(16-39)17-40(18-33)31-37-25-6-5-21(30(42)43)12-26(25)41(31)19-32(7-8-32)9-10-36/h3-6,11-13H,7-9,14-19H2,1-2H3,(H,42,43). The molecule has 4 heterocycles. The number of pyridine rings is 1. The summed E-state index contributed by atoms with van der Waals surface area (Å²) in [6.45, 7) is 4.95. The van der Waals surface area contributed by atoms with E-state index in [1.54, 1.807) is 30.2 Å². The van der Waals surface area contributed by atoms with E-state index in [1.807, 2.05) is 25.1 Å². The van der Waals surface area contributed by atoms with Crippen molar-refractivity contribution in [3.63, 3.8) is 0 Å². The monoisotopic (exact) mass is 614 g/mol. The lowest BCUT2D eigenvalue weighted by Gasteiger charge is -2.60. The van der Waals surface area contributed by atoms with Gasteiger partial charge in [0.05, 0.1) is 29.8 Å². The molecule has 0 atom stereocenters. The molecule has 0 unspecified atom stereocenters. The normalized spacial score (nSPS) is 17.5. The third-order valence-corrected chi connectivity index (χ3v) is 9.25. The van der Waals surface area contributed by atoms with Crippen LogP contribution in [0.4, 0.5) is 20.5 Å². The zero-order chi connectivity index (χ0) is 31.5. The van der Waals surface area contributed by atoms with Gasteiger partial charge in [-0.2, -0.15) is 10.2 Å². The molecule has 1 aliphatic carbocycles. The quantitative estimate of drug-likeness (QED) is 0.253. The number of imidazole rings is 1. The van der Waals surface area contributed by atoms with Crippen molar-refractivity contribution in [3.8, 4) is 17.7 Å². The van der Waals surface area contributed by atoms with Crippen LogP contribution in [0.15, 0.2) is 42.5 Å². The van der Waals surface area contributed by atoms with Crippen molar-refractivity contribution in [1.82, 2.24) is 14.5 Å². The molecule has 232 valence electrons. The predicted octanol–water partition coefficient (Wildman–Crippen LogP) is 5.32. The highest BCUT2D eigenvalue weighted by Crippen LogP contribution is 2.52. The Morgan fingerprint density at radius 1 is 1.04 bits per heavy atom. The minimum absolute atomic E-state index is 0.0158. The Morgan fingerprint density at radius 3 is 2.49 bits per heavy atom. The Balaban J connectivity index is 1.07. The summed E-state index contributed by atoms with van der Waals surface area (Å²) in [6, 6.07) is 13.6. The fourth-order valence-electron chi connectivity index (χ4n) is 6.61. The van der Waals surface area contributed by atoms with Crippen LogP contribution in [0.2, 0.25) is 0 Å². The van der Waals surface area contributed by atoms with Crippen LogP contribution in [0.25, 0.3) is 11.0 Å². The van der Waals surface area contributed by atoms with Gasteiger partial charge in [-0.1, -0.05) is 12.1 Å². The summed E-state index contributed by atoms with van der Waals surface area (Å²) in [5, 5.41) is 19.0. The molecule has 2 aromatic heterocycles. The molecule has 2 aromatic carbocycles. The zero-order valence-corrected chi connectivity index (χ0v) is 25.0. The second-order valence-electron chi connectivity index (χ2n) is 12.7. The molecule has 3 fully saturated rings. The molecule has 0 bridgehead atoms. The number of halogens is 2. The van der Waals surface area contributed by atoms with Crippen molar-refractivity contribution in [2.24, 2.45) is 10.8 Å². The van der Waals surface area contributed by atoms with Crippen LogP contribution in [0, 0.1) is 40.7 Å². The fraction of sp³-hybridized carbons (Fsp3) is 0.394. The first-order chi connectivity index (χ1) is 21.6. The number of hydrogen-bond donors (Lipinski definition) is 1. The number of hydrogen-bond acceptors (Lipinski definition) is 8. The van der Waals surface area contributed by atoms with Gasteiger partial charge in [-0.25, -0.2) is 18.6 Å². The van der Waals surface area contributed by atoms with Crippen LogP contribution in [-0.4, -0.2) is 58.9 Å².